The molecule has 0 heterocycles. The molecule has 3 nitrogen and oxygen atoms in total. The summed E-state index contributed by atoms with van der Waals surface area (Å²) in [5.74, 6) is 0.699. The third-order valence-corrected chi connectivity index (χ3v) is 3.79. The van der Waals surface area contributed by atoms with E-state index in [0.29, 0.717) is 23.4 Å². The van der Waals surface area contributed by atoms with Gasteiger partial charge in [-0.15, -0.1) is 0 Å². The molecule has 0 amide bonds. The van der Waals surface area contributed by atoms with Crippen LogP contribution in [-0.4, -0.2) is 18.3 Å². The fraction of sp³-hybridized carbons (Fsp3) is 0.500. The summed E-state index contributed by atoms with van der Waals surface area (Å²) < 4.78 is 6.08. The molecule has 0 radical (unpaired) electrons. The first kappa shape index (κ1) is 11.7. The monoisotopic (exact) mass is 285 g/mol. The lowest BCUT2D eigenvalue weighted by Gasteiger charge is -2.16. The molecule has 0 aromatic heterocycles. The van der Waals surface area contributed by atoms with Gasteiger partial charge in [0.05, 0.1) is 11.1 Å². The Bertz CT molecular complexity index is 402. The van der Waals surface area contributed by atoms with Gasteiger partial charge in [-0.2, -0.15) is 0 Å². The Balaban J connectivity index is 2.40. The van der Waals surface area contributed by atoms with Crippen molar-refractivity contribution in [2.75, 3.05) is 13.2 Å². The minimum atomic E-state index is 0.113. The van der Waals surface area contributed by atoms with Crippen molar-refractivity contribution in [2.45, 2.75) is 25.2 Å². The molecule has 16 heavy (non-hydrogen) atoms. The Morgan fingerprint density at radius 1 is 1.50 bits per heavy atom. The third-order valence-electron chi connectivity index (χ3n) is 3.18. The second kappa shape index (κ2) is 4.26. The van der Waals surface area contributed by atoms with Crippen LogP contribution in [0.15, 0.2) is 16.6 Å². The van der Waals surface area contributed by atoms with Crippen LogP contribution >= 0.6 is 15.9 Å². The maximum absolute atomic E-state index is 9.81. The summed E-state index contributed by atoms with van der Waals surface area (Å²) in [6.07, 6.45) is 2.23. The number of nitrogens with two attached hydrogens (primary N) is 1. The van der Waals surface area contributed by atoms with Gasteiger partial charge in [0.1, 0.15) is 0 Å². The fourth-order valence-electron chi connectivity index (χ4n) is 1.91. The summed E-state index contributed by atoms with van der Waals surface area (Å²) in [7, 11) is 0. The van der Waals surface area contributed by atoms with E-state index in [9.17, 15) is 5.11 Å². The van der Waals surface area contributed by atoms with E-state index in [-0.39, 0.29) is 11.2 Å². The molecule has 0 aliphatic heterocycles. The van der Waals surface area contributed by atoms with Crippen molar-refractivity contribution in [1.82, 2.24) is 0 Å². The summed E-state index contributed by atoms with van der Waals surface area (Å²) >= 11 is 3.35. The number of halogens is 1. The first-order valence-corrected chi connectivity index (χ1v) is 6.28. The molecule has 1 aromatic carbocycles. The number of benzene rings is 1. The van der Waals surface area contributed by atoms with Gasteiger partial charge in [-0.25, -0.2) is 0 Å². The van der Waals surface area contributed by atoms with Crippen LogP contribution in [0.5, 0.6) is 11.5 Å². The van der Waals surface area contributed by atoms with Gasteiger partial charge in [-0.05, 0) is 53.4 Å². The predicted octanol–water partition coefficient (Wildman–Crippen LogP) is 2.54. The molecule has 1 saturated carbocycles. The number of phenolic OH excluding ortho intramolecular Hbond substituents is 1. The highest BCUT2D eigenvalue weighted by atomic mass is 79.9. The molecule has 0 saturated heterocycles. The Hall–Kier alpha value is -0.740. The lowest BCUT2D eigenvalue weighted by atomic mass is 9.96. The second-order valence-corrected chi connectivity index (χ2v) is 5.08. The normalized spacial score (nSPS) is 17.2. The average Bonchev–Trinajstić information content (AvgIpc) is 3.05. The van der Waals surface area contributed by atoms with E-state index < -0.39 is 0 Å². The molecule has 0 spiro atoms. The van der Waals surface area contributed by atoms with E-state index in [4.69, 9.17) is 10.5 Å². The summed E-state index contributed by atoms with van der Waals surface area (Å²) in [4.78, 5) is 0. The molecule has 1 aliphatic carbocycles. The van der Waals surface area contributed by atoms with Crippen LogP contribution in [0.25, 0.3) is 0 Å². The highest BCUT2D eigenvalue weighted by Crippen LogP contribution is 2.50. The largest absolute Gasteiger partial charge is 0.503 e. The van der Waals surface area contributed by atoms with Gasteiger partial charge in [0.2, 0.25) is 0 Å². The Labute approximate surface area is 104 Å². The van der Waals surface area contributed by atoms with E-state index in [1.807, 2.05) is 19.1 Å². The van der Waals surface area contributed by atoms with Crippen molar-refractivity contribution in [3.8, 4) is 11.5 Å². The number of ether oxygens (including phenoxy) is 1. The number of rotatable bonds is 4. The first-order valence-electron chi connectivity index (χ1n) is 5.49. The quantitative estimate of drug-likeness (QED) is 0.894. The first-order chi connectivity index (χ1) is 7.63. The van der Waals surface area contributed by atoms with Crippen molar-refractivity contribution < 1.29 is 9.84 Å². The maximum atomic E-state index is 9.81. The van der Waals surface area contributed by atoms with Crippen molar-refractivity contribution in [3.05, 3.63) is 22.2 Å². The van der Waals surface area contributed by atoms with Gasteiger partial charge in [0, 0.05) is 12.0 Å². The van der Waals surface area contributed by atoms with Crippen molar-refractivity contribution >= 4 is 15.9 Å². The number of hydrogen-bond donors (Lipinski definition) is 2. The molecule has 1 fully saturated rings. The second-order valence-electron chi connectivity index (χ2n) is 4.22. The predicted molar refractivity (Wildman–Crippen MR) is 66.9 cm³/mol. The molecule has 3 N–H and O–H groups in total. The van der Waals surface area contributed by atoms with Crippen LogP contribution in [-0.2, 0) is 5.41 Å². The van der Waals surface area contributed by atoms with Gasteiger partial charge in [0.15, 0.2) is 11.5 Å². The summed E-state index contributed by atoms with van der Waals surface area (Å²) in [5.41, 5.74) is 7.06. The number of hydrogen-bond acceptors (Lipinski definition) is 3. The minimum absolute atomic E-state index is 0.113. The van der Waals surface area contributed by atoms with E-state index in [1.165, 1.54) is 0 Å². The maximum Gasteiger partial charge on any atom is 0.172 e. The topological polar surface area (TPSA) is 55.5 Å². The number of aromatic hydroxyl groups is 1. The Kier molecular flexibility index (Phi) is 3.13. The van der Waals surface area contributed by atoms with Crippen LogP contribution in [0.4, 0.5) is 0 Å². The van der Waals surface area contributed by atoms with Crippen molar-refractivity contribution in [2.24, 2.45) is 5.73 Å². The SMILES string of the molecule is CCOc1cc(C2(CN)CC2)cc(Br)c1O. The van der Waals surface area contributed by atoms with Gasteiger partial charge in [-0.3, -0.25) is 0 Å². The van der Waals surface area contributed by atoms with Crippen LogP contribution in [0, 0.1) is 0 Å². The molecule has 0 bridgehead atoms. The summed E-state index contributed by atoms with van der Waals surface area (Å²) in [5, 5.41) is 9.81. The van der Waals surface area contributed by atoms with Crippen LogP contribution < -0.4 is 10.5 Å². The lowest BCUT2D eigenvalue weighted by molar-refractivity contribution is 0.316. The summed E-state index contributed by atoms with van der Waals surface area (Å²) in [6.45, 7) is 3.09. The average molecular weight is 286 g/mol. The lowest BCUT2D eigenvalue weighted by Crippen LogP contribution is -2.19. The molecule has 2 rings (SSSR count). The van der Waals surface area contributed by atoms with Crippen LogP contribution in [0.3, 0.4) is 0 Å². The third kappa shape index (κ3) is 1.92. The van der Waals surface area contributed by atoms with Crippen LogP contribution in [0.1, 0.15) is 25.3 Å². The Morgan fingerprint density at radius 2 is 2.19 bits per heavy atom. The highest BCUT2D eigenvalue weighted by Gasteiger charge is 2.43. The van der Waals surface area contributed by atoms with E-state index in [0.717, 1.165) is 18.4 Å². The smallest absolute Gasteiger partial charge is 0.172 e. The molecule has 88 valence electrons. The minimum Gasteiger partial charge on any atom is -0.503 e. The molecule has 1 aromatic rings. The molecule has 1 aliphatic rings. The van der Waals surface area contributed by atoms with Gasteiger partial charge in [-0.1, -0.05) is 0 Å². The molecule has 0 atom stereocenters. The molecule has 0 unspecified atom stereocenters. The molecule has 4 heteroatoms. The zero-order valence-corrected chi connectivity index (χ0v) is 10.9. The van der Waals surface area contributed by atoms with E-state index in [2.05, 4.69) is 15.9 Å². The van der Waals surface area contributed by atoms with Crippen molar-refractivity contribution in [1.29, 1.82) is 0 Å². The van der Waals surface area contributed by atoms with Gasteiger partial charge >= 0.3 is 0 Å². The van der Waals surface area contributed by atoms with Crippen LogP contribution in [0.2, 0.25) is 0 Å². The fourth-order valence-corrected chi connectivity index (χ4v) is 2.35. The highest BCUT2D eigenvalue weighted by molar-refractivity contribution is 9.10. The van der Waals surface area contributed by atoms with Gasteiger partial charge < -0.3 is 15.6 Å². The number of phenols is 1. The molecular weight excluding hydrogens is 270 g/mol. The molecular formula is C12H16BrNO2. The summed E-state index contributed by atoms with van der Waals surface area (Å²) in [6, 6.07) is 3.85. The van der Waals surface area contributed by atoms with E-state index in [1.54, 1.807) is 0 Å². The van der Waals surface area contributed by atoms with Crippen molar-refractivity contribution in [3.63, 3.8) is 0 Å². The zero-order valence-electron chi connectivity index (χ0n) is 9.29. The standard InChI is InChI=1S/C12H16BrNO2/c1-2-16-10-6-8(5-9(13)11(10)15)12(7-14)3-4-12/h5-6,15H,2-4,7,14H2,1H3. The Morgan fingerprint density at radius 3 is 2.69 bits per heavy atom. The van der Waals surface area contributed by atoms with Gasteiger partial charge in [0.25, 0.3) is 0 Å². The zero-order chi connectivity index (χ0) is 11.8. The van der Waals surface area contributed by atoms with E-state index >= 15 is 0 Å².